The number of benzene rings is 2. The van der Waals surface area contributed by atoms with Gasteiger partial charge in [0.25, 0.3) is 0 Å². The van der Waals surface area contributed by atoms with E-state index in [-0.39, 0.29) is 11.7 Å². The van der Waals surface area contributed by atoms with Crippen molar-refractivity contribution in [2.45, 2.75) is 5.16 Å². The number of nitrogens with one attached hydrogen (secondary N) is 1. The lowest BCUT2D eigenvalue weighted by Gasteiger charge is -2.04. The van der Waals surface area contributed by atoms with Gasteiger partial charge < -0.3 is 9.88 Å². The van der Waals surface area contributed by atoms with Crippen molar-refractivity contribution in [2.75, 3.05) is 11.1 Å². The molecule has 0 saturated heterocycles. The number of carbonyl (C=O) groups excluding carboxylic acids is 1. The summed E-state index contributed by atoms with van der Waals surface area (Å²) in [5.41, 5.74) is 2.64. The van der Waals surface area contributed by atoms with Gasteiger partial charge in [0, 0.05) is 33.6 Å². The standard InChI is InChI=1S/C20H15Cl2N5OS2/c1-27-18(13-4-8-15(22)9-5-13)25-26-20(27)30-11-17(28)24-19-23-16(10-29-19)12-2-6-14(21)7-3-12/h2-10H,11H2,1H3,(H,23,24,28). The maximum Gasteiger partial charge on any atom is 0.236 e. The van der Waals surface area contributed by atoms with E-state index >= 15 is 0 Å². The molecule has 0 aliphatic carbocycles. The molecule has 0 atom stereocenters. The van der Waals surface area contributed by atoms with E-state index in [0.29, 0.717) is 26.2 Å². The molecule has 6 nitrogen and oxygen atoms in total. The van der Waals surface area contributed by atoms with E-state index in [4.69, 9.17) is 23.2 Å². The van der Waals surface area contributed by atoms with Crippen molar-refractivity contribution in [3.05, 3.63) is 64.0 Å². The molecule has 0 bridgehead atoms. The Labute approximate surface area is 191 Å². The first-order valence-electron chi connectivity index (χ1n) is 8.79. The maximum absolute atomic E-state index is 12.3. The topological polar surface area (TPSA) is 72.7 Å². The lowest BCUT2D eigenvalue weighted by atomic mass is 10.2. The fraction of sp³-hybridized carbons (Fsp3) is 0.100. The Morgan fingerprint density at radius 1 is 1.03 bits per heavy atom. The Morgan fingerprint density at radius 2 is 1.67 bits per heavy atom. The first-order chi connectivity index (χ1) is 14.5. The van der Waals surface area contributed by atoms with E-state index in [1.54, 1.807) is 12.1 Å². The second kappa shape index (κ2) is 9.18. The molecule has 152 valence electrons. The first-order valence-corrected chi connectivity index (χ1v) is 11.4. The van der Waals surface area contributed by atoms with Crippen LogP contribution < -0.4 is 5.32 Å². The molecule has 2 aromatic heterocycles. The zero-order valence-electron chi connectivity index (χ0n) is 15.7. The molecule has 0 spiro atoms. The molecule has 4 rings (SSSR count). The molecule has 0 unspecified atom stereocenters. The summed E-state index contributed by atoms with van der Waals surface area (Å²) in [5, 5.41) is 15.7. The SMILES string of the molecule is Cn1c(SCC(=O)Nc2nc(-c3ccc(Cl)cc3)cs2)nnc1-c1ccc(Cl)cc1. The van der Waals surface area contributed by atoms with Gasteiger partial charge in [0.1, 0.15) is 0 Å². The number of amides is 1. The van der Waals surface area contributed by atoms with E-state index in [1.807, 2.05) is 53.4 Å². The summed E-state index contributed by atoms with van der Waals surface area (Å²) in [6, 6.07) is 14.8. The van der Waals surface area contributed by atoms with Gasteiger partial charge in [0.15, 0.2) is 16.1 Å². The second-order valence-electron chi connectivity index (χ2n) is 6.25. The van der Waals surface area contributed by atoms with Crippen LogP contribution in [0, 0.1) is 0 Å². The number of nitrogens with zero attached hydrogens (tertiary/aromatic N) is 4. The fourth-order valence-electron chi connectivity index (χ4n) is 2.66. The van der Waals surface area contributed by atoms with Crippen LogP contribution in [-0.4, -0.2) is 31.4 Å². The van der Waals surface area contributed by atoms with Crippen LogP contribution in [0.2, 0.25) is 10.0 Å². The third kappa shape index (κ3) is 4.84. The number of hydrogen-bond acceptors (Lipinski definition) is 6. The van der Waals surface area contributed by atoms with Crippen molar-refractivity contribution >= 4 is 57.3 Å². The van der Waals surface area contributed by atoms with Crippen molar-refractivity contribution in [2.24, 2.45) is 7.05 Å². The van der Waals surface area contributed by atoms with Gasteiger partial charge in [-0.15, -0.1) is 21.5 Å². The molecule has 10 heteroatoms. The zero-order valence-corrected chi connectivity index (χ0v) is 18.8. The highest BCUT2D eigenvalue weighted by Crippen LogP contribution is 2.27. The van der Waals surface area contributed by atoms with E-state index in [1.165, 1.54) is 23.1 Å². The average molecular weight is 476 g/mol. The molecule has 2 aromatic carbocycles. The average Bonchev–Trinajstić information content (AvgIpc) is 3.34. The van der Waals surface area contributed by atoms with Crippen molar-refractivity contribution in [3.63, 3.8) is 0 Å². The van der Waals surface area contributed by atoms with Gasteiger partial charge in [-0.3, -0.25) is 4.79 Å². The van der Waals surface area contributed by atoms with Crippen LogP contribution in [0.25, 0.3) is 22.6 Å². The predicted molar refractivity (Wildman–Crippen MR) is 123 cm³/mol. The first kappa shape index (κ1) is 20.9. The Kier molecular flexibility index (Phi) is 6.38. The lowest BCUT2D eigenvalue weighted by Crippen LogP contribution is -2.14. The normalized spacial score (nSPS) is 10.9. The largest absolute Gasteiger partial charge is 0.305 e. The Morgan fingerprint density at radius 3 is 2.33 bits per heavy atom. The molecule has 2 heterocycles. The molecule has 0 fully saturated rings. The van der Waals surface area contributed by atoms with Gasteiger partial charge in [-0.05, 0) is 36.4 Å². The number of anilines is 1. The molecule has 0 aliphatic rings. The van der Waals surface area contributed by atoms with Crippen LogP contribution in [0.1, 0.15) is 0 Å². The molecule has 0 saturated carbocycles. The molecular weight excluding hydrogens is 461 g/mol. The minimum absolute atomic E-state index is 0.159. The maximum atomic E-state index is 12.3. The minimum Gasteiger partial charge on any atom is -0.305 e. The number of hydrogen-bond donors (Lipinski definition) is 1. The number of aromatic nitrogens is 4. The fourth-order valence-corrected chi connectivity index (χ4v) is 4.36. The van der Waals surface area contributed by atoms with Gasteiger partial charge in [-0.1, -0.05) is 47.1 Å². The smallest absolute Gasteiger partial charge is 0.236 e. The second-order valence-corrected chi connectivity index (χ2v) is 8.93. The van der Waals surface area contributed by atoms with Crippen LogP contribution in [0.5, 0.6) is 0 Å². The highest BCUT2D eigenvalue weighted by molar-refractivity contribution is 7.99. The zero-order chi connectivity index (χ0) is 21.1. The van der Waals surface area contributed by atoms with Crippen LogP contribution in [-0.2, 0) is 11.8 Å². The van der Waals surface area contributed by atoms with Crippen LogP contribution >= 0.6 is 46.3 Å². The molecule has 0 aliphatic heterocycles. The lowest BCUT2D eigenvalue weighted by molar-refractivity contribution is -0.113. The van der Waals surface area contributed by atoms with E-state index in [2.05, 4.69) is 20.5 Å². The number of thioether (sulfide) groups is 1. The summed E-state index contributed by atoms with van der Waals surface area (Å²) in [7, 11) is 1.86. The van der Waals surface area contributed by atoms with Crippen molar-refractivity contribution in [3.8, 4) is 22.6 Å². The van der Waals surface area contributed by atoms with Crippen molar-refractivity contribution in [1.29, 1.82) is 0 Å². The molecule has 0 radical (unpaired) electrons. The number of thiazole rings is 1. The third-order valence-corrected chi connectivity index (χ3v) is 6.44. The Hall–Kier alpha value is -2.39. The van der Waals surface area contributed by atoms with E-state index in [0.717, 1.165) is 16.8 Å². The summed E-state index contributed by atoms with van der Waals surface area (Å²) in [6.07, 6.45) is 0. The monoisotopic (exact) mass is 475 g/mol. The summed E-state index contributed by atoms with van der Waals surface area (Å²) in [4.78, 5) is 16.8. The van der Waals surface area contributed by atoms with Crippen LogP contribution in [0.4, 0.5) is 5.13 Å². The molecule has 1 N–H and O–H groups in total. The van der Waals surface area contributed by atoms with Crippen LogP contribution in [0.3, 0.4) is 0 Å². The number of rotatable bonds is 6. The van der Waals surface area contributed by atoms with Crippen molar-refractivity contribution < 1.29 is 4.79 Å². The summed E-state index contributed by atoms with van der Waals surface area (Å²) < 4.78 is 1.85. The van der Waals surface area contributed by atoms with Gasteiger partial charge >= 0.3 is 0 Å². The van der Waals surface area contributed by atoms with Crippen molar-refractivity contribution in [1.82, 2.24) is 19.7 Å². The molecular formula is C20H15Cl2N5OS2. The summed E-state index contributed by atoms with van der Waals surface area (Å²) in [6.45, 7) is 0. The predicted octanol–water partition coefficient (Wildman–Crippen LogP) is 5.64. The van der Waals surface area contributed by atoms with Gasteiger partial charge in [-0.2, -0.15) is 0 Å². The highest BCUT2D eigenvalue weighted by Gasteiger charge is 2.14. The van der Waals surface area contributed by atoms with Gasteiger partial charge in [0.05, 0.1) is 11.4 Å². The minimum atomic E-state index is -0.159. The molecule has 4 aromatic rings. The number of carbonyl (C=O) groups is 1. The van der Waals surface area contributed by atoms with Gasteiger partial charge in [0.2, 0.25) is 5.91 Å². The quantitative estimate of drug-likeness (QED) is 0.365. The molecule has 30 heavy (non-hydrogen) atoms. The Bertz CT molecular complexity index is 1170. The highest BCUT2D eigenvalue weighted by atomic mass is 35.5. The van der Waals surface area contributed by atoms with Crippen LogP contribution in [0.15, 0.2) is 59.1 Å². The van der Waals surface area contributed by atoms with Gasteiger partial charge in [-0.25, -0.2) is 4.98 Å². The summed E-state index contributed by atoms with van der Waals surface area (Å²) >= 11 is 14.5. The molecule has 1 amide bonds. The van der Waals surface area contributed by atoms with E-state index < -0.39 is 0 Å². The third-order valence-electron chi connectivity index (χ3n) is 4.16. The Balaban J connectivity index is 1.36. The van der Waals surface area contributed by atoms with E-state index in [9.17, 15) is 4.79 Å². The number of halogens is 2. The summed E-state index contributed by atoms with van der Waals surface area (Å²) in [5.74, 6) is 0.748.